The number of amides is 1. The summed E-state index contributed by atoms with van der Waals surface area (Å²) in [5, 5.41) is 8.64. The number of rotatable bonds is 4. The van der Waals surface area contributed by atoms with Gasteiger partial charge in [0.1, 0.15) is 12.4 Å². The Morgan fingerprint density at radius 3 is 2.71 bits per heavy atom. The molecule has 1 amide bonds. The molecule has 1 aliphatic rings. The quantitative estimate of drug-likeness (QED) is 0.865. The summed E-state index contributed by atoms with van der Waals surface area (Å²) in [4.78, 5) is 14.2. The molecule has 0 saturated heterocycles. The fraction of sp³-hybridized carbons (Fsp3) is 0.471. The lowest BCUT2D eigenvalue weighted by molar-refractivity contribution is 0.0691. The molecule has 0 unspecified atom stereocenters. The number of halogens is 1. The van der Waals surface area contributed by atoms with Crippen LogP contribution in [0.5, 0.6) is 0 Å². The van der Waals surface area contributed by atoms with Gasteiger partial charge in [-0.25, -0.2) is 4.39 Å². The highest BCUT2D eigenvalue weighted by molar-refractivity contribution is 5.94. The molecule has 1 aromatic carbocycles. The molecule has 0 spiro atoms. The molecule has 0 bridgehead atoms. The van der Waals surface area contributed by atoms with Crippen molar-refractivity contribution in [3.63, 3.8) is 0 Å². The zero-order chi connectivity index (χ0) is 15.4. The summed E-state index contributed by atoms with van der Waals surface area (Å²) in [6, 6.07) is 4.37. The van der Waals surface area contributed by atoms with Gasteiger partial charge in [-0.15, -0.1) is 0 Å². The third-order valence-corrected chi connectivity index (χ3v) is 3.55. The van der Waals surface area contributed by atoms with E-state index in [1.54, 1.807) is 11.0 Å². The normalized spacial score (nSPS) is 13.8. The number of aliphatic hydroxyl groups excluding tert-OH is 1. The predicted octanol–water partition coefficient (Wildman–Crippen LogP) is 2.43. The molecular weight excluding hydrogens is 269 g/mol. The average molecular weight is 289 g/mol. The van der Waals surface area contributed by atoms with E-state index in [1.807, 2.05) is 13.8 Å². The lowest BCUT2D eigenvalue weighted by Crippen LogP contribution is -2.38. The van der Waals surface area contributed by atoms with Crippen LogP contribution in [0, 0.1) is 23.6 Å². The van der Waals surface area contributed by atoms with Gasteiger partial charge in [-0.05, 0) is 50.8 Å². The van der Waals surface area contributed by atoms with Crippen LogP contribution in [0.25, 0.3) is 0 Å². The largest absolute Gasteiger partial charge is 0.384 e. The maximum Gasteiger partial charge on any atom is 0.257 e. The van der Waals surface area contributed by atoms with Crippen molar-refractivity contribution in [2.75, 3.05) is 13.2 Å². The van der Waals surface area contributed by atoms with Gasteiger partial charge in [0, 0.05) is 18.2 Å². The molecule has 1 fully saturated rings. The van der Waals surface area contributed by atoms with E-state index in [0.29, 0.717) is 18.0 Å². The molecule has 0 aromatic heterocycles. The number of benzene rings is 1. The Labute approximate surface area is 124 Å². The number of hydrogen-bond acceptors (Lipinski definition) is 2. The molecule has 4 heteroatoms. The topological polar surface area (TPSA) is 40.5 Å². The monoisotopic (exact) mass is 289 g/mol. The van der Waals surface area contributed by atoms with Crippen LogP contribution in [0.4, 0.5) is 4.39 Å². The smallest absolute Gasteiger partial charge is 0.257 e. The molecule has 0 radical (unpaired) electrons. The molecule has 1 saturated carbocycles. The van der Waals surface area contributed by atoms with Crippen molar-refractivity contribution in [3.8, 4) is 11.8 Å². The Morgan fingerprint density at radius 1 is 1.48 bits per heavy atom. The minimum Gasteiger partial charge on any atom is -0.384 e. The first-order valence-corrected chi connectivity index (χ1v) is 7.23. The van der Waals surface area contributed by atoms with Gasteiger partial charge in [-0.2, -0.15) is 0 Å². The molecule has 21 heavy (non-hydrogen) atoms. The van der Waals surface area contributed by atoms with E-state index in [9.17, 15) is 9.18 Å². The number of hydrogen-bond donors (Lipinski definition) is 1. The second kappa shape index (κ2) is 6.73. The molecule has 0 aliphatic heterocycles. The van der Waals surface area contributed by atoms with Crippen LogP contribution in [-0.4, -0.2) is 35.1 Å². The first-order valence-electron chi connectivity index (χ1n) is 7.23. The fourth-order valence-electron chi connectivity index (χ4n) is 2.17. The molecule has 2 rings (SSSR count). The highest BCUT2D eigenvalue weighted by atomic mass is 19.1. The summed E-state index contributed by atoms with van der Waals surface area (Å²) in [5.74, 6) is 4.82. The minimum atomic E-state index is -0.564. The number of carbonyl (C=O) groups excluding carboxylic acids is 1. The maximum atomic E-state index is 14.1. The Kier molecular flexibility index (Phi) is 4.98. The fourth-order valence-corrected chi connectivity index (χ4v) is 2.17. The van der Waals surface area contributed by atoms with E-state index < -0.39 is 5.82 Å². The van der Waals surface area contributed by atoms with Crippen LogP contribution in [0.2, 0.25) is 0 Å². The summed E-state index contributed by atoms with van der Waals surface area (Å²) >= 11 is 0. The van der Waals surface area contributed by atoms with E-state index in [1.165, 1.54) is 12.1 Å². The van der Waals surface area contributed by atoms with E-state index in [2.05, 4.69) is 11.8 Å². The van der Waals surface area contributed by atoms with Crippen molar-refractivity contribution in [1.29, 1.82) is 0 Å². The lowest BCUT2D eigenvalue weighted by atomic mass is 10.1. The summed E-state index contributed by atoms with van der Waals surface area (Å²) in [6.45, 7) is 4.31. The first-order chi connectivity index (χ1) is 10.0. The Morgan fingerprint density at radius 2 is 2.19 bits per heavy atom. The minimum absolute atomic E-state index is 0.0476. The molecule has 1 aromatic rings. The molecule has 1 N–H and O–H groups in total. The summed E-state index contributed by atoms with van der Waals surface area (Å²) in [5.41, 5.74) is 0.537. The van der Waals surface area contributed by atoms with Crippen LogP contribution in [0.1, 0.15) is 42.6 Å². The summed E-state index contributed by atoms with van der Waals surface area (Å²) < 4.78 is 14.1. The van der Waals surface area contributed by atoms with Crippen molar-refractivity contribution in [2.24, 2.45) is 5.92 Å². The Bertz CT molecular complexity index is 582. The SMILES string of the molecule is CC(C)N(CC1CC1)C(=O)c1ccc(C#CCO)cc1F. The molecule has 0 atom stereocenters. The summed E-state index contributed by atoms with van der Waals surface area (Å²) in [7, 11) is 0. The lowest BCUT2D eigenvalue weighted by Gasteiger charge is -2.27. The van der Waals surface area contributed by atoms with Crippen LogP contribution in [0.3, 0.4) is 0 Å². The van der Waals surface area contributed by atoms with Crippen LogP contribution < -0.4 is 0 Å². The van der Waals surface area contributed by atoms with Gasteiger partial charge < -0.3 is 10.0 Å². The number of carbonyl (C=O) groups is 1. The third-order valence-electron chi connectivity index (χ3n) is 3.55. The third kappa shape index (κ3) is 4.05. The van der Waals surface area contributed by atoms with E-state index in [0.717, 1.165) is 12.8 Å². The van der Waals surface area contributed by atoms with Crippen molar-refractivity contribution >= 4 is 5.91 Å². The van der Waals surface area contributed by atoms with Gasteiger partial charge in [0.2, 0.25) is 0 Å². The van der Waals surface area contributed by atoms with E-state index >= 15 is 0 Å². The molecule has 3 nitrogen and oxygen atoms in total. The molecule has 112 valence electrons. The van der Waals surface area contributed by atoms with Crippen molar-refractivity contribution in [1.82, 2.24) is 4.90 Å². The molecule has 0 heterocycles. The maximum absolute atomic E-state index is 14.1. The highest BCUT2D eigenvalue weighted by Crippen LogP contribution is 2.31. The molecule has 1 aliphatic carbocycles. The van der Waals surface area contributed by atoms with Crippen LogP contribution in [-0.2, 0) is 0 Å². The number of nitrogens with zero attached hydrogens (tertiary/aromatic N) is 1. The Hall–Kier alpha value is -1.86. The number of aliphatic hydroxyl groups is 1. The van der Waals surface area contributed by atoms with Gasteiger partial charge >= 0.3 is 0 Å². The van der Waals surface area contributed by atoms with Gasteiger partial charge in [0.25, 0.3) is 5.91 Å². The second-order valence-corrected chi connectivity index (χ2v) is 5.65. The average Bonchev–Trinajstić information content (AvgIpc) is 3.25. The van der Waals surface area contributed by atoms with Gasteiger partial charge in [0.15, 0.2) is 0 Å². The Balaban J connectivity index is 2.20. The zero-order valence-electron chi connectivity index (χ0n) is 12.4. The zero-order valence-corrected chi connectivity index (χ0v) is 12.4. The van der Waals surface area contributed by atoms with Crippen LogP contribution in [0.15, 0.2) is 18.2 Å². The van der Waals surface area contributed by atoms with Crippen molar-refractivity contribution in [2.45, 2.75) is 32.7 Å². The van der Waals surface area contributed by atoms with E-state index in [4.69, 9.17) is 5.11 Å². The second-order valence-electron chi connectivity index (χ2n) is 5.65. The predicted molar refractivity (Wildman–Crippen MR) is 79.3 cm³/mol. The van der Waals surface area contributed by atoms with Gasteiger partial charge in [0.05, 0.1) is 5.56 Å². The highest BCUT2D eigenvalue weighted by Gasteiger charge is 2.29. The van der Waals surface area contributed by atoms with Crippen molar-refractivity contribution in [3.05, 3.63) is 35.1 Å². The van der Waals surface area contributed by atoms with Gasteiger partial charge in [-0.1, -0.05) is 11.8 Å². The molecular formula is C17H20FNO2. The van der Waals surface area contributed by atoms with Crippen LogP contribution >= 0.6 is 0 Å². The standard InChI is InChI=1S/C17H20FNO2/c1-12(2)19(11-14-5-6-14)17(21)15-8-7-13(4-3-9-20)10-16(15)18/h7-8,10,12,14,20H,5-6,9,11H2,1-2H3. The first kappa shape index (κ1) is 15.5. The van der Waals surface area contributed by atoms with Gasteiger partial charge in [-0.3, -0.25) is 4.79 Å². The van der Waals surface area contributed by atoms with Crippen molar-refractivity contribution < 1.29 is 14.3 Å². The van der Waals surface area contributed by atoms with E-state index in [-0.39, 0.29) is 24.1 Å². The summed E-state index contributed by atoms with van der Waals surface area (Å²) in [6.07, 6.45) is 2.29.